The second kappa shape index (κ2) is 6.60. The number of aryl methyl sites for hydroxylation is 1. The van der Waals surface area contributed by atoms with E-state index in [4.69, 9.17) is 16.3 Å². The summed E-state index contributed by atoms with van der Waals surface area (Å²) in [7, 11) is 1.47. The molecule has 0 radical (unpaired) electrons. The molecule has 3 amide bonds. The average molecular weight is 325 g/mol. The highest BCUT2D eigenvalue weighted by atomic mass is 35.5. The van der Waals surface area contributed by atoms with Crippen LogP contribution in [0.2, 0.25) is 5.02 Å². The molecule has 7 heteroatoms. The van der Waals surface area contributed by atoms with E-state index in [1.54, 1.807) is 29.6 Å². The number of halogens is 1. The van der Waals surface area contributed by atoms with Gasteiger partial charge in [-0.05, 0) is 30.0 Å². The summed E-state index contributed by atoms with van der Waals surface area (Å²) in [5, 5.41) is 7.12. The van der Waals surface area contributed by atoms with Crippen LogP contribution in [0.1, 0.15) is 15.2 Å². The number of anilines is 1. The van der Waals surface area contributed by atoms with Gasteiger partial charge in [-0.3, -0.25) is 10.1 Å². The van der Waals surface area contributed by atoms with Gasteiger partial charge in [-0.25, -0.2) is 4.79 Å². The van der Waals surface area contributed by atoms with Gasteiger partial charge in [0.1, 0.15) is 5.75 Å². The number of rotatable bonds is 3. The van der Waals surface area contributed by atoms with Crippen LogP contribution >= 0.6 is 22.9 Å². The van der Waals surface area contributed by atoms with Gasteiger partial charge in [0.05, 0.1) is 17.7 Å². The van der Waals surface area contributed by atoms with Gasteiger partial charge in [0.25, 0.3) is 5.91 Å². The molecule has 5 nitrogen and oxygen atoms in total. The largest absolute Gasteiger partial charge is 0.495 e. The van der Waals surface area contributed by atoms with Gasteiger partial charge in [0, 0.05) is 11.1 Å². The Morgan fingerprint density at radius 3 is 2.71 bits per heavy atom. The first-order chi connectivity index (χ1) is 10.0. The number of ether oxygens (including phenoxy) is 1. The third-order valence-corrected chi connectivity index (χ3v) is 3.98. The SMILES string of the molecule is COc1cc(Cl)c(C)cc1NC(=O)NC(=O)c1cccs1. The van der Waals surface area contributed by atoms with Gasteiger partial charge in [-0.2, -0.15) is 0 Å². The van der Waals surface area contributed by atoms with E-state index in [1.807, 2.05) is 6.92 Å². The van der Waals surface area contributed by atoms with Crippen molar-refractivity contribution in [2.24, 2.45) is 0 Å². The fourth-order valence-corrected chi connectivity index (χ4v) is 2.43. The minimum Gasteiger partial charge on any atom is -0.495 e. The summed E-state index contributed by atoms with van der Waals surface area (Å²) < 4.78 is 5.15. The number of hydrogen-bond donors (Lipinski definition) is 2. The van der Waals surface area contributed by atoms with Gasteiger partial charge in [-0.1, -0.05) is 17.7 Å². The van der Waals surface area contributed by atoms with Crippen LogP contribution in [0.25, 0.3) is 0 Å². The average Bonchev–Trinajstić information content (AvgIpc) is 2.96. The minimum atomic E-state index is -0.631. The Morgan fingerprint density at radius 1 is 1.33 bits per heavy atom. The van der Waals surface area contributed by atoms with Crippen molar-refractivity contribution in [3.63, 3.8) is 0 Å². The lowest BCUT2D eigenvalue weighted by Gasteiger charge is -2.12. The van der Waals surface area contributed by atoms with Crippen LogP contribution in [0, 0.1) is 6.92 Å². The molecule has 0 aliphatic heterocycles. The minimum absolute atomic E-state index is 0.421. The molecule has 110 valence electrons. The molecule has 2 N–H and O–H groups in total. The molecule has 2 rings (SSSR count). The number of carbonyl (C=O) groups is 2. The van der Waals surface area contributed by atoms with Crippen molar-refractivity contribution in [3.8, 4) is 5.75 Å². The molecule has 0 aliphatic carbocycles. The molecule has 0 atom stereocenters. The Bertz CT molecular complexity index is 671. The Hall–Kier alpha value is -2.05. The Labute approximate surface area is 130 Å². The fourth-order valence-electron chi connectivity index (χ4n) is 1.66. The van der Waals surface area contributed by atoms with E-state index >= 15 is 0 Å². The van der Waals surface area contributed by atoms with Crippen LogP contribution in [-0.4, -0.2) is 19.0 Å². The zero-order valence-corrected chi connectivity index (χ0v) is 13.0. The highest BCUT2D eigenvalue weighted by molar-refractivity contribution is 7.12. The molecule has 0 spiro atoms. The van der Waals surface area contributed by atoms with Crippen LogP contribution in [0.3, 0.4) is 0 Å². The van der Waals surface area contributed by atoms with Gasteiger partial charge in [0.2, 0.25) is 0 Å². The highest BCUT2D eigenvalue weighted by Gasteiger charge is 2.14. The first-order valence-corrected chi connectivity index (χ1v) is 7.27. The number of hydrogen-bond acceptors (Lipinski definition) is 4. The summed E-state index contributed by atoms with van der Waals surface area (Å²) >= 11 is 7.25. The molecule has 0 saturated heterocycles. The molecular formula is C14H13ClN2O3S. The molecule has 0 unspecified atom stereocenters. The van der Waals surface area contributed by atoms with E-state index in [1.165, 1.54) is 18.4 Å². The molecule has 0 saturated carbocycles. The molecule has 0 bridgehead atoms. The quantitative estimate of drug-likeness (QED) is 0.905. The standard InChI is InChI=1S/C14H13ClN2O3S/c1-8-6-10(11(20-2)7-9(8)15)16-14(19)17-13(18)12-4-3-5-21-12/h3-7H,1-2H3,(H2,16,17,18,19). The van der Waals surface area contributed by atoms with Crippen molar-refractivity contribution in [1.29, 1.82) is 0 Å². The summed E-state index contributed by atoms with van der Waals surface area (Å²) in [5.74, 6) is -0.0310. The maximum atomic E-state index is 11.9. The van der Waals surface area contributed by atoms with E-state index in [-0.39, 0.29) is 0 Å². The normalized spacial score (nSPS) is 10.0. The topological polar surface area (TPSA) is 67.4 Å². The lowest BCUT2D eigenvalue weighted by molar-refractivity contribution is 0.0971. The van der Waals surface area contributed by atoms with Crippen molar-refractivity contribution in [1.82, 2.24) is 5.32 Å². The lowest BCUT2D eigenvalue weighted by Crippen LogP contribution is -2.34. The third-order valence-electron chi connectivity index (χ3n) is 2.70. The van der Waals surface area contributed by atoms with E-state index in [2.05, 4.69) is 10.6 Å². The lowest BCUT2D eigenvalue weighted by atomic mass is 10.2. The van der Waals surface area contributed by atoms with Crippen molar-refractivity contribution >= 4 is 40.6 Å². The number of methoxy groups -OCH3 is 1. The van der Waals surface area contributed by atoms with Crippen molar-refractivity contribution in [2.75, 3.05) is 12.4 Å². The van der Waals surface area contributed by atoms with Gasteiger partial charge in [-0.15, -0.1) is 11.3 Å². The molecular weight excluding hydrogens is 312 g/mol. The molecule has 0 fully saturated rings. The van der Waals surface area contributed by atoms with Crippen molar-refractivity contribution < 1.29 is 14.3 Å². The van der Waals surface area contributed by atoms with Gasteiger partial charge in [0.15, 0.2) is 0 Å². The number of nitrogens with one attached hydrogen (secondary N) is 2. The maximum absolute atomic E-state index is 11.9. The Balaban J connectivity index is 2.09. The van der Waals surface area contributed by atoms with E-state index < -0.39 is 11.9 Å². The van der Waals surface area contributed by atoms with Crippen LogP contribution in [0.4, 0.5) is 10.5 Å². The molecule has 2 aromatic rings. The van der Waals surface area contributed by atoms with E-state index in [0.717, 1.165) is 5.56 Å². The second-order valence-corrected chi connectivity index (χ2v) is 5.54. The van der Waals surface area contributed by atoms with Gasteiger partial charge < -0.3 is 10.1 Å². The van der Waals surface area contributed by atoms with E-state index in [0.29, 0.717) is 21.3 Å². The fraction of sp³-hybridized carbons (Fsp3) is 0.143. The first kappa shape index (κ1) is 15.3. The smallest absolute Gasteiger partial charge is 0.326 e. The van der Waals surface area contributed by atoms with Crippen LogP contribution in [0.15, 0.2) is 29.6 Å². The molecule has 21 heavy (non-hydrogen) atoms. The predicted octanol–water partition coefficient (Wildman–Crippen LogP) is 3.68. The summed E-state index contributed by atoms with van der Waals surface area (Å²) in [6, 6.07) is 6.03. The Morgan fingerprint density at radius 2 is 2.10 bits per heavy atom. The summed E-state index contributed by atoms with van der Waals surface area (Å²) in [4.78, 5) is 24.1. The third kappa shape index (κ3) is 3.74. The van der Waals surface area contributed by atoms with E-state index in [9.17, 15) is 9.59 Å². The maximum Gasteiger partial charge on any atom is 0.326 e. The number of urea groups is 1. The Kier molecular flexibility index (Phi) is 4.82. The molecule has 1 aromatic heterocycles. The molecule has 1 heterocycles. The van der Waals surface area contributed by atoms with Crippen LogP contribution in [0.5, 0.6) is 5.75 Å². The monoisotopic (exact) mass is 324 g/mol. The molecule has 1 aromatic carbocycles. The zero-order chi connectivity index (χ0) is 15.4. The van der Waals surface area contributed by atoms with Crippen LogP contribution in [-0.2, 0) is 0 Å². The number of thiophene rings is 1. The number of imide groups is 1. The predicted molar refractivity (Wildman–Crippen MR) is 83.5 cm³/mol. The first-order valence-electron chi connectivity index (χ1n) is 6.01. The second-order valence-electron chi connectivity index (χ2n) is 4.19. The summed E-state index contributed by atoms with van der Waals surface area (Å²) in [6.07, 6.45) is 0. The zero-order valence-electron chi connectivity index (χ0n) is 11.4. The van der Waals surface area contributed by atoms with Crippen molar-refractivity contribution in [3.05, 3.63) is 45.1 Å². The molecule has 0 aliphatic rings. The van der Waals surface area contributed by atoms with Gasteiger partial charge >= 0.3 is 6.03 Å². The van der Waals surface area contributed by atoms with Crippen LogP contribution < -0.4 is 15.4 Å². The summed E-state index contributed by atoms with van der Waals surface area (Å²) in [5.41, 5.74) is 1.23. The highest BCUT2D eigenvalue weighted by Crippen LogP contribution is 2.30. The van der Waals surface area contributed by atoms with Crippen molar-refractivity contribution in [2.45, 2.75) is 6.92 Å². The number of carbonyl (C=O) groups excluding carboxylic acids is 2. The number of benzene rings is 1. The number of amides is 3. The summed E-state index contributed by atoms with van der Waals surface area (Å²) in [6.45, 7) is 1.81.